The molecule has 2 aromatic carbocycles. The topological polar surface area (TPSA) is 52.6 Å². The van der Waals surface area contributed by atoms with E-state index in [0.29, 0.717) is 6.54 Å². The molecule has 1 fully saturated rings. The van der Waals surface area contributed by atoms with E-state index in [-0.39, 0.29) is 17.5 Å². The van der Waals surface area contributed by atoms with Gasteiger partial charge < -0.3 is 15.3 Å². The highest BCUT2D eigenvalue weighted by atomic mass is 19.1. The third kappa shape index (κ3) is 4.65. The number of nitrogens with zero attached hydrogens (tertiary/aromatic N) is 1. The van der Waals surface area contributed by atoms with Crippen molar-refractivity contribution in [2.75, 3.05) is 19.6 Å². The molecule has 0 aromatic heterocycles. The first-order valence-corrected chi connectivity index (χ1v) is 8.64. The standard InChI is InChI=1S/C20H23FN2O2/c21-18-9-5-4-8-17(18)20(25)22-16-10-12-23(13-11-16)14-19(24)15-6-2-1-3-7-15/h1-9,16,19,24H,10-14H2,(H,22,25). The number of carbonyl (C=O) groups excluding carboxylic acids is 1. The molecule has 3 rings (SSSR count). The van der Waals surface area contributed by atoms with Crippen molar-refractivity contribution in [1.82, 2.24) is 10.2 Å². The van der Waals surface area contributed by atoms with Gasteiger partial charge in [-0.1, -0.05) is 42.5 Å². The average molecular weight is 342 g/mol. The van der Waals surface area contributed by atoms with Crippen molar-refractivity contribution in [3.8, 4) is 0 Å². The zero-order valence-electron chi connectivity index (χ0n) is 14.1. The molecule has 1 saturated heterocycles. The van der Waals surface area contributed by atoms with E-state index in [4.69, 9.17) is 0 Å². The Hall–Kier alpha value is -2.24. The summed E-state index contributed by atoms with van der Waals surface area (Å²) in [4.78, 5) is 14.4. The molecule has 1 amide bonds. The molecular weight excluding hydrogens is 319 g/mol. The van der Waals surface area contributed by atoms with Gasteiger partial charge in [-0.25, -0.2) is 4.39 Å². The second kappa shape index (κ2) is 8.23. The van der Waals surface area contributed by atoms with E-state index >= 15 is 0 Å². The van der Waals surface area contributed by atoms with E-state index < -0.39 is 11.9 Å². The summed E-state index contributed by atoms with van der Waals surface area (Å²) in [7, 11) is 0. The summed E-state index contributed by atoms with van der Waals surface area (Å²) in [5.74, 6) is -0.857. The number of nitrogens with one attached hydrogen (secondary N) is 1. The summed E-state index contributed by atoms with van der Waals surface area (Å²) < 4.78 is 13.7. The lowest BCUT2D eigenvalue weighted by molar-refractivity contribution is 0.0825. The number of rotatable bonds is 5. The lowest BCUT2D eigenvalue weighted by Gasteiger charge is -2.33. The summed E-state index contributed by atoms with van der Waals surface area (Å²) in [6.07, 6.45) is 1.08. The minimum absolute atomic E-state index is 0.0391. The highest BCUT2D eigenvalue weighted by Gasteiger charge is 2.23. The molecule has 0 bridgehead atoms. The van der Waals surface area contributed by atoms with Gasteiger partial charge in [0, 0.05) is 25.7 Å². The van der Waals surface area contributed by atoms with Crippen molar-refractivity contribution in [3.63, 3.8) is 0 Å². The van der Waals surface area contributed by atoms with Gasteiger partial charge in [0.15, 0.2) is 0 Å². The van der Waals surface area contributed by atoms with Crippen LogP contribution >= 0.6 is 0 Å². The Morgan fingerprint density at radius 2 is 1.76 bits per heavy atom. The van der Waals surface area contributed by atoms with Crippen LogP contribution in [0.25, 0.3) is 0 Å². The van der Waals surface area contributed by atoms with Crippen LogP contribution in [-0.2, 0) is 0 Å². The van der Waals surface area contributed by atoms with Crippen molar-refractivity contribution < 1.29 is 14.3 Å². The number of aliphatic hydroxyl groups excluding tert-OH is 1. The Balaban J connectivity index is 1.47. The molecular formula is C20H23FN2O2. The molecule has 5 heteroatoms. The molecule has 0 radical (unpaired) electrons. The van der Waals surface area contributed by atoms with Crippen molar-refractivity contribution in [3.05, 3.63) is 71.5 Å². The second-order valence-electron chi connectivity index (χ2n) is 6.45. The SMILES string of the molecule is O=C(NC1CCN(CC(O)c2ccccc2)CC1)c1ccccc1F. The smallest absolute Gasteiger partial charge is 0.254 e. The van der Waals surface area contributed by atoms with E-state index in [1.165, 1.54) is 12.1 Å². The van der Waals surface area contributed by atoms with E-state index in [2.05, 4.69) is 10.2 Å². The second-order valence-corrected chi connectivity index (χ2v) is 6.45. The van der Waals surface area contributed by atoms with Crippen LogP contribution in [0.3, 0.4) is 0 Å². The zero-order chi connectivity index (χ0) is 17.6. The molecule has 4 nitrogen and oxygen atoms in total. The monoisotopic (exact) mass is 342 g/mol. The quantitative estimate of drug-likeness (QED) is 0.878. The first-order chi connectivity index (χ1) is 12.1. The van der Waals surface area contributed by atoms with Crippen LogP contribution in [0.1, 0.15) is 34.9 Å². The number of benzene rings is 2. The molecule has 0 aliphatic carbocycles. The first kappa shape index (κ1) is 17.6. The van der Waals surface area contributed by atoms with Gasteiger partial charge in [-0.3, -0.25) is 4.79 Å². The number of hydrogen-bond acceptors (Lipinski definition) is 3. The Kier molecular flexibility index (Phi) is 5.79. The highest BCUT2D eigenvalue weighted by molar-refractivity contribution is 5.94. The van der Waals surface area contributed by atoms with Gasteiger partial charge in [-0.15, -0.1) is 0 Å². The third-order valence-electron chi connectivity index (χ3n) is 4.66. The number of β-amino-alcohol motifs (C(OH)–C–C–N with tert-alkyl or cyclic N) is 1. The Morgan fingerprint density at radius 1 is 1.12 bits per heavy atom. The van der Waals surface area contributed by atoms with Crippen LogP contribution in [0.15, 0.2) is 54.6 Å². The van der Waals surface area contributed by atoms with Gasteiger partial charge in [0.05, 0.1) is 11.7 Å². The lowest BCUT2D eigenvalue weighted by atomic mass is 10.0. The maximum absolute atomic E-state index is 13.7. The normalized spacial score (nSPS) is 17.2. The summed E-state index contributed by atoms with van der Waals surface area (Å²) in [5.41, 5.74) is 1.00. The van der Waals surface area contributed by atoms with E-state index in [1.807, 2.05) is 30.3 Å². The highest BCUT2D eigenvalue weighted by Crippen LogP contribution is 2.18. The van der Waals surface area contributed by atoms with Crippen LogP contribution in [0.2, 0.25) is 0 Å². The van der Waals surface area contributed by atoms with Crippen molar-refractivity contribution >= 4 is 5.91 Å². The molecule has 132 valence electrons. The molecule has 0 spiro atoms. The Morgan fingerprint density at radius 3 is 2.44 bits per heavy atom. The summed E-state index contributed by atoms with van der Waals surface area (Å²) >= 11 is 0. The molecule has 2 N–H and O–H groups in total. The van der Waals surface area contributed by atoms with Crippen LogP contribution in [0.4, 0.5) is 4.39 Å². The predicted molar refractivity (Wildman–Crippen MR) is 94.7 cm³/mol. The van der Waals surface area contributed by atoms with Crippen molar-refractivity contribution in [2.24, 2.45) is 0 Å². The molecule has 1 aliphatic rings. The number of piperidine rings is 1. The van der Waals surface area contributed by atoms with Crippen LogP contribution in [0.5, 0.6) is 0 Å². The number of likely N-dealkylation sites (tertiary alicyclic amines) is 1. The van der Waals surface area contributed by atoms with Gasteiger partial charge in [-0.2, -0.15) is 0 Å². The maximum atomic E-state index is 13.7. The number of hydrogen-bond donors (Lipinski definition) is 2. The molecule has 25 heavy (non-hydrogen) atoms. The van der Waals surface area contributed by atoms with E-state index in [1.54, 1.807) is 12.1 Å². The first-order valence-electron chi connectivity index (χ1n) is 8.64. The van der Waals surface area contributed by atoms with Gasteiger partial charge >= 0.3 is 0 Å². The molecule has 1 atom stereocenters. The van der Waals surface area contributed by atoms with Gasteiger partial charge in [0.1, 0.15) is 5.82 Å². The fourth-order valence-electron chi connectivity index (χ4n) is 3.19. The van der Waals surface area contributed by atoms with Crippen molar-refractivity contribution in [1.29, 1.82) is 0 Å². The molecule has 1 heterocycles. The summed E-state index contributed by atoms with van der Waals surface area (Å²) in [5, 5.41) is 13.2. The molecule has 0 saturated carbocycles. The number of amides is 1. The fraction of sp³-hybridized carbons (Fsp3) is 0.350. The molecule has 2 aromatic rings. The van der Waals surface area contributed by atoms with Gasteiger partial charge in [0.2, 0.25) is 0 Å². The predicted octanol–water partition coefficient (Wildman–Crippen LogP) is 2.75. The minimum Gasteiger partial charge on any atom is -0.387 e. The van der Waals surface area contributed by atoms with Crippen LogP contribution in [-0.4, -0.2) is 41.6 Å². The van der Waals surface area contributed by atoms with Crippen LogP contribution < -0.4 is 5.32 Å². The average Bonchev–Trinajstić information content (AvgIpc) is 2.64. The number of halogens is 1. The minimum atomic E-state index is -0.509. The molecule has 1 unspecified atom stereocenters. The fourth-order valence-corrected chi connectivity index (χ4v) is 3.19. The lowest BCUT2D eigenvalue weighted by Crippen LogP contribution is -2.45. The summed E-state index contributed by atoms with van der Waals surface area (Å²) in [6.45, 7) is 2.18. The Bertz CT molecular complexity index is 700. The molecule has 1 aliphatic heterocycles. The zero-order valence-corrected chi connectivity index (χ0v) is 14.1. The summed E-state index contributed by atoms with van der Waals surface area (Å²) in [6, 6.07) is 15.7. The Labute approximate surface area is 147 Å². The number of carbonyl (C=O) groups is 1. The largest absolute Gasteiger partial charge is 0.387 e. The third-order valence-corrected chi connectivity index (χ3v) is 4.66. The van der Waals surface area contributed by atoms with E-state index in [0.717, 1.165) is 31.5 Å². The van der Waals surface area contributed by atoms with Crippen LogP contribution in [0, 0.1) is 5.82 Å². The number of aliphatic hydroxyl groups is 1. The van der Waals surface area contributed by atoms with Gasteiger partial charge in [-0.05, 0) is 30.5 Å². The van der Waals surface area contributed by atoms with E-state index in [9.17, 15) is 14.3 Å². The van der Waals surface area contributed by atoms with Gasteiger partial charge in [0.25, 0.3) is 5.91 Å². The maximum Gasteiger partial charge on any atom is 0.254 e. The van der Waals surface area contributed by atoms with Crippen molar-refractivity contribution in [2.45, 2.75) is 25.0 Å².